The standard InChI is InChI=1S/C12H19ClN2/c1-4-15(8-10(2)3)9-12-7-11(13)5-6-14-12/h5-7,10H,4,8-9H2,1-3H3. The summed E-state index contributed by atoms with van der Waals surface area (Å²) in [5.41, 5.74) is 1.05. The van der Waals surface area contributed by atoms with E-state index in [4.69, 9.17) is 11.6 Å². The van der Waals surface area contributed by atoms with Crippen molar-refractivity contribution in [3.05, 3.63) is 29.0 Å². The first kappa shape index (κ1) is 12.5. The summed E-state index contributed by atoms with van der Waals surface area (Å²) in [6, 6.07) is 3.74. The van der Waals surface area contributed by atoms with Crippen LogP contribution in [0, 0.1) is 5.92 Å². The minimum Gasteiger partial charge on any atom is -0.298 e. The van der Waals surface area contributed by atoms with Gasteiger partial charge in [-0.15, -0.1) is 0 Å². The highest BCUT2D eigenvalue weighted by molar-refractivity contribution is 6.30. The van der Waals surface area contributed by atoms with Crippen molar-refractivity contribution in [1.29, 1.82) is 0 Å². The van der Waals surface area contributed by atoms with Crippen molar-refractivity contribution in [3.63, 3.8) is 0 Å². The Morgan fingerprint density at radius 3 is 2.73 bits per heavy atom. The topological polar surface area (TPSA) is 16.1 Å². The summed E-state index contributed by atoms with van der Waals surface area (Å²) >= 11 is 5.92. The molecule has 0 aliphatic rings. The SMILES string of the molecule is CCN(Cc1cc(Cl)ccn1)CC(C)C. The molecule has 15 heavy (non-hydrogen) atoms. The second-order valence-corrected chi connectivity index (χ2v) is 4.62. The summed E-state index contributed by atoms with van der Waals surface area (Å²) in [6.45, 7) is 9.67. The normalized spacial score (nSPS) is 11.3. The van der Waals surface area contributed by atoms with Crippen molar-refractivity contribution < 1.29 is 0 Å². The van der Waals surface area contributed by atoms with E-state index in [1.54, 1.807) is 6.20 Å². The maximum absolute atomic E-state index is 5.92. The maximum atomic E-state index is 5.92. The average molecular weight is 227 g/mol. The zero-order valence-electron chi connectivity index (χ0n) is 9.70. The molecule has 84 valence electrons. The summed E-state index contributed by atoms with van der Waals surface area (Å²) in [7, 11) is 0. The van der Waals surface area contributed by atoms with Gasteiger partial charge < -0.3 is 0 Å². The van der Waals surface area contributed by atoms with Crippen molar-refractivity contribution in [2.24, 2.45) is 5.92 Å². The first-order chi connectivity index (χ1) is 7.11. The van der Waals surface area contributed by atoms with Gasteiger partial charge in [0.15, 0.2) is 0 Å². The van der Waals surface area contributed by atoms with Crippen LogP contribution in [0.25, 0.3) is 0 Å². The number of rotatable bonds is 5. The molecule has 0 aliphatic carbocycles. The van der Waals surface area contributed by atoms with Crippen LogP contribution in [0.1, 0.15) is 26.5 Å². The molecule has 1 aromatic rings. The van der Waals surface area contributed by atoms with E-state index in [0.29, 0.717) is 5.92 Å². The Kier molecular flexibility index (Phi) is 5.06. The fraction of sp³-hybridized carbons (Fsp3) is 0.583. The van der Waals surface area contributed by atoms with E-state index in [9.17, 15) is 0 Å². The number of halogens is 1. The number of aromatic nitrogens is 1. The third kappa shape index (κ3) is 4.63. The fourth-order valence-corrected chi connectivity index (χ4v) is 1.77. The van der Waals surface area contributed by atoms with Gasteiger partial charge in [0.2, 0.25) is 0 Å². The lowest BCUT2D eigenvalue weighted by atomic mass is 10.2. The van der Waals surface area contributed by atoms with Crippen LogP contribution in [0.4, 0.5) is 0 Å². The van der Waals surface area contributed by atoms with Gasteiger partial charge in [-0.3, -0.25) is 9.88 Å². The van der Waals surface area contributed by atoms with Crippen LogP contribution in [-0.4, -0.2) is 23.0 Å². The Morgan fingerprint density at radius 1 is 1.47 bits per heavy atom. The van der Waals surface area contributed by atoms with Gasteiger partial charge in [-0.1, -0.05) is 32.4 Å². The van der Waals surface area contributed by atoms with Crippen molar-refractivity contribution >= 4 is 11.6 Å². The summed E-state index contributed by atoms with van der Waals surface area (Å²) in [5.74, 6) is 0.684. The predicted molar refractivity (Wildman–Crippen MR) is 65.0 cm³/mol. The second-order valence-electron chi connectivity index (χ2n) is 4.19. The molecule has 1 rings (SSSR count). The molecule has 0 unspecified atom stereocenters. The predicted octanol–water partition coefficient (Wildman–Crippen LogP) is 3.21. The molecule has 1 heterocycles. The highest BCUT2D eigenvalue weighted by Crippen LogP contribution is 2.10. The largest absolute Gasteiger partial charge is 0.298 e. The van der Waals surface area contributed by atoms with E-state index < -0.39 is 0 Å². The van der Waals surface area contributed by atoms with Crippen LogP contribution in [-0.2, 0) is 6.54 Å². The Bertz CT molecular complexity index is 299. The molecule has 0 aliphatic heterocycles. The molecule has 0 saturated heterocycles. The minimum absolute atomic E-state index is 0.684. The minimum atomic E-state index is 0.684. The van der Waals surface area contributed by atoms with E-state index in [0.717, 1.165) is 30.4 Å². The Balaban J connectivity index is 2.58. The summed E-state index contributed by atoms with van der Waals surface area (Å²) in [5, 5.41) is 0.764. The Hall–Kier alpha value is -0.600. The lowest BCUT2D eigenvalue weighted by molar-refractivity contribution is 0.245. The summed E-state index contributed by atoms with van der Waals surface area (Å²) in [6.07, 6.45) is 1.76. The number of hydrogen-bond donors (Lipinski definition) is 0. The molecular weight excluding hydrogens is 208 g/mol. The first-order valence-electron chi connectivity index (χ1n) is 5.44. The van der Waals surface area contributed by atoms with Gasteiger partial charge in [0, 0.05) is 24.3 Å². The van der Waals surface area contributed by atoms with Crippen LogP contribution in [0.15, 0.2) is 18.3 Å². The van der Waals surface area contributed by atoms with Crippen molar-refractivity contribution in [2.45, 2.75) is 27.3 Å². The molecule has 0 saturated carbocycles. The molecule has 3 heteroatoms. The van der Waals surface area contributed by atoms with Crippen molar-refractivity contribution in [3.8, 4) is 0 Å². The van der Waals surface area contributed by atoms with Crippen LogP contribution in [0.5, 0.6) is 0 Å². The summed E-state index contributed by atoms with van der Waals surface area (Å²) < 4.78 is 0. The third-order valence-electron chi connectivity index (χ3n) is 2.23. The highest BCUT2D eigenvalue weighted by Gasteiger charge is 2.06. The van der Waals surface area contributed by atoms with Crippen molar-refractivity contribution in [1.82, 2.24) is 9.88 Å². The van der Waals surface area contributed by atoms with Crippen LogP contribution in [0.2, 0.25) is 5.02 Å². The van der Waals surface area contributed by atoms with E-state index in [1.807, 2.05) is 12.1 Å². The molecule has 0 bridgehead atoms. The number of hydrogen-bond acceptors (Lipinski definition) is 2. The molecule has 0 amide bonds. The van der Waals surface area contributed by atoms with E-state index >= 15 is 0 Å². The third-order valence-corrected chi connectivity index (χ3v) is 2.47. The average Bonchev–Trinajstić information content (AvgIpc) is 2.16. The molecule has 0 spiro atoms. The molecular formula is C12H19ClN2. The van der Waals surface area contributed by atoms with Gasteiger partial charge in [0.25, 0.3) is 0 Å². The van der Waals surface area contributed by atoms with Crippen LogP contribution in [0.3, 0.4) is 0 Å². The van der Waals surface area contributed by atoms with Crippen molar-refractivity contribution in [2.75, 3.05) is 13.1 Å². The van der Waals surface area contributed by atoms with E-state index in [2.05, 4.69) is 30.7 Å². The first-order valence-corrected chi connectivity index (χ1v) is 5.82. The molecule has 0 radical (unpaired) electrons. The lowest BCUT2D eigenvalue weighted by Crippen LogP contribution is -2.27. The van der Waals surface area contributed by atoms with Crippen LogP contribution < -0.4 is 0 Å². The zero-order chi connectivity index (χ0) is 11.3. The number of nitrogens with zero attached hydrogens (tertiary/aromatic N) is 2. The molecule has 2 nitrogen and oxygen atoms in total. The quantitative estimate of drug-likeness (QED) is 0.767. The van der Waals surface area contributed by atoms with E-state index in [-0.39, 0.29) is 0 Å². The lowest BCUT2D eigenvalue weighted by Gasteiger charge is -2.21. The maximum Gasteiger partial charge on any atom is 0.0558 e. The fourth-order valence-electron chi connectivity index (χ4n) is 1.59. The van der Waals surface area contributed by atoms with Crippen LogP contribution >= 0.6 is 11.6 Å². The van der Waals surface area contributed by atoms with Gasteiger partial charge in [-0.25, -0.2) is 0 Å². The second kappa shape index (κ2) is 6.09. The molecule has 0 atom stereocenters. The molecule has 0 fully saturated rings. The van der Waals surface area contributed by atoms with Gasteiger partial charge in [-0.05, 0) is 24.6 Å². The molecule has 0 N–H and O–H groups in total. The van der Waals surface area contributed by atoms with Gasteiger partial charge in [0.05, 0.1) is 5.69 Å². The highest BCUT2D eigenvalue weighted by atomic mass is 35.5. The monoisotopic (exact) mass is 226 g/mol. The molecule has 1 aromatic heterocycles. The zero-order valence-corrected chi connectivity index (χ0v) is 10.5. The summed E-state index contributed by atoms with van der Waals surface area (Å²) in [4.78, 5) is 6.69. The Labute approximate surface area is 97.3 Å². The van der Waals surface area contributed by atoms with Gasteiger partial charge in [-0.2, -0.15) is 0 Å². The van der Waals surface area contributed by atoms with Gasteiger partial charge in [0.1, 0.15) is 0 Å². The molecule has 0 aromatic carbocycles. The van der Waals surface area contributed by atoms with Gasteiger partial charge >= 0.3 is 0 Å². The number of pyridine rings is 1. The Morgan fingerprint density at radius 2 is 2.20 bits per heavy atom. The van der Waals surface area contributed by atoms with E-state index in [1.165, 1.54) is 0 Å². The smallest absolute Gasteiger partial charge is 0.0558 e.